The molecule has 1 aromatic carbocycles. The minimum atomic E-state index is -3.79. The molecule has 1 aromatic rings. The number of hydrogen-bond acceptors (Lipinski definition) is 6. The third kappa shape index (κ3) is 8.76. The molecule has 0 atom stereocenters. The van der Waals surface area contributed by atoms with Crippen molar-refractivity contribution in [1.82, 2.24) is 0 Å². The van der Waals surface area contributed by atoms with E-state index in [9.17, 15) is 13.2 Å². The van der Waals surface area contributed by atoms with Gasteiger partial charge in [-0.3, -0.25) is 4.18 Å². The third-order valence-corrected chi connectivity index (χ3v) is 3.25. The molecular weight excluding hydrogens is 284 g/mol. The van der Waals surface area contributed by atoms with Crippen molar-refractivity contribution in [2.45, 2.75) is 38.4 Å². The van der Waals surface area contributed by atoms with E-state index in [0.29, 0.717) is 0 Å². The lowest BCUT2D eigenvalue weighted by Gasteiger charge is -2.06. The second kappa shape index (κ2) is 8.80. The third-order valence-electron chi connectivity index (χ3n) is 1.92. The van der Waals surface area contributed by atoms with Gasteiger partial charge in [0, 0.05) is 6.42 Å². The maximum Gasteiger partial charge on any atom is 0.296 e. The van der Waals surface area contributed by atoms with Crippen molar-refractivity contribution >= 4 is 15.9 Å². The highest BCUT2D eigenvalue weighted by Crippen LogP contribution is 2.13. The van der Waals surface area contributed by atoms with E-state index in [1.165, 1.54) is 26.0 Å². The zero-order valence-corrected chi connectivity index (χ0v) is 12.6. The van der Waals surface area contributed by atoms with Gasteiger partial charge in [-0.1, -0.05) is 17.7 Å². The predicted octanol–water partition coefficient (Wildman–Crippen LogP) is 0.996. The van der Waals surface area contributed by atoms with Crippen molar-refractivity contribution in [3.63, 3.8) is 0 Å². The Morgan fingerprint density at radius 3 is 2.05 bits per heavy atom. The van der Waals surface area contributed by atoms with Crippen LogP contribution in [0.2, 0.25) is 0 Å². The summed E-state index contributed by atoms with van der Waals surface area (Å²) < 4.78 is 27.7. The quantitative estimate of drug-likeness (QED) is 0.621. The van der Waals surface area contributed by atoms with Crippen molar-refractivity contribution in [2.24, 2.45) is 0 Å². The number of carbonyl (C=O) groups is 1. The van der Waals surface area contributed by atoms with E-state index in [2.05, 4.69) is 4.18 Å². The molecule has 0 fully saturated rings. The first kappa shape index (κ1) is 18.7. The molecule has 0 unspecified atom stereocenters. The molecule has 114 valence electrons. The Morgan fingerprint density at radius 1 is 1.20 bits per heavy atom. The summed E-state index contributed by atoms with van der Waals surface area (Å²) in [6.45, 7) is 4.65. The summed E-state index contributed by atoms with van der Waals surface area (Å²) in [6.07, 6.45) is -1.71. The summed E-state index contributed by atoms with van der Waals surface area (Å²) in [5.74, 6) is 0.167. The Kier molecular flexibility index (Phi) is 8.24. The van der Waals surface area contributed by atoms with Crippen LogP contribution in [0.25, 0.3) is 0 Å². The Morgan fingerprint density at radius 2 is 1.65 bits per heavy atom. The van der Waals surface area contributed by atoms with Crippen molar-refractivity contribution in [3.8, 4) is 0 Å². The first-order chi connectivity index (χ1) is 9.15. The van der Waals surface area contributed by atoms with Gasteiger partial charge in [0.05, 0.1) is 11.5 Å². The highest BCUT2D eigenvalue weighted by Gasteiger charge is 2.14. The van der Waals surface area contributed by atoms with Gasteiger partial charge >= 0.3 is 0 Å². The topological polar surface area (TPSA) is 101 Å². The Bertz CT molecular complexity index is 500. The van der Waals surface area contributed by atoms with Crippen LogP contribution in [0.15, 0.2) is 29.2 Å². The van der Waals surface area contributed by atoms with Crippen LogP contribution in [0.4, 0.5) is 0 Å². The van der Waals surface area contributed by atoms with Crippen molar-refractivity contribution in [1.29, 1.82) is 0 Å². The lowest BCUT2D eigenvalue weighted by atomic mass is 10.2. The molecule has 0 spiro atoms. The lowest BCUT2D eigenvalue weighted by Crippen LogP contribution is -2.13. The molecular formula is C13H20O6S. The van der Waals surface area contributed by atoms with Crippen LogP contribution in [-0.2, 0) is 19.1 Å². The predicted molar refractivity (Wildman–Crippen MR) is 73.5 cm³/mol. The van der Waals surface area contributed by atoms with Gasteiger partial charge in [-0.25, -0.2) is 0 Å². The van der Waals surface area contributed by atoms with E-state index < -0.39 is 16.4 Å². The zero-order valence-electron chi connectivity index (χ0n) is 11.7. The van der Waals surface area contributed by atoms with Crippen LogP contribution in [0, 0.1) is 6.92 Å². The van der Waals surface area contributed by atoms with Crippen LogP contribution in [-0.4, -0.2) is 37.3 Å². The number of benzene rings is 1. The van der Waals surface area contributed by atoms with E-state index in [1.807, 2.05) is 6.92 Å². The number of carbonyl (C=O) groups excluding carboxylic acids is 1. The monoisotopic (exact) mass is 304 g/mol. The number of aliphatic hydroxyl groups excluding tert-OH is 1. The van der Waals surface area contributed by atoms with Gasteiger partial charge in [0.2, 0.25) is 0 Å². The van der Waals surface area contributed by atoms with Crippen molar-refractivity contribution in [3.05, 3.63) is 29.8 Å². The van der Waals surface area contributed by atoms with Crippen LogP contribution in [0.3, 0.4) is 0 Å². The average molecular weight is 304 g/mol. The fourth-order valence-electron chi connectivity index (χ4n) is 1.04. The Hall–Kier alpha value is -1.28. The fourth-order valence-corrected chi connectivity index (χ4v) is 1.96. The molecule has 0 amide bonds. The van der Waals surface area contributed by atoms with Crippen LogP contribution >= 0.6 is 0 Å². The van der Waals surface area contributed by atoms with E-state index in [-0.39, 0.29) is 23.7 Å². The smallest absolute Gasteiger partial charge is 0.296 e. The highest BCUT2D eigenvalue weighted by atomic mass is 32.2. The lowest BCUT2D eigenvalue weighted by molar-refractivity contribution is -0.115. The molecule has 7 heteroatoms. The van der Waals surface area contributed by atoms with E-state index >= 15 is 0 Å². The summed E-state index contributed by atoms with van der Waals surface area (Å²) in [5, 5.41) is 17.1. The SMILES string of the molecule is CC(C)=O.Cc1ccc(S(=O)(=O)OCCC(O)O)cc1. The van der Waals surface area contributed by atoms with E-state index in [1.54, 1.807) is 12.1 Å². The van der Waals surface area contributed by atoms with Gasteiger partial charge in [-0.05, 0) is 32.9 Å². The second-order valence-electron chi connectivity index (χ2n) is 4.27. The molecule has 0 saturated carbocycles. The fraction of sp³-hybridized carbons (Fsp3) is 0.462. The first-order valence-electron chi connectivity index (χ1n) is 5.94. The summed E-state index contributed by atoms with van der Waals surface area (Å²) in [6, 6.07) is 6.22. The molecule has 1 rings (SSSR count). The van der Waals surface area contributed by atoms with Crippen LogP contribution < -0.4 is 0 Å². The number of Topliss-reactive ketones (excluding diaryl/α,β-unsaturated/α-hetero) is 1. The minimum absolute atomic E-state index is 0.0607. The van der Waals surface area contributed by atoms with Crippen LogP contribution in [0.1, 0.15) is 25.8 Å². The molecule has 0 heterocycles. The van der Waals surface area contributed by atoms with Gasteiger partial charge in [-0.15, -0.1) is 0 Å². The number of aliphatic hydroxyl groups is 2. The molecule has 2 N–H and O–H groups in total. The number of ketones is 1. The summed E-state index contributed by atoms with van der Waals surface area (Å²) in [4.78, 5) is 9.51. The largest absolute Gasteiger partial charge is 0.368 e. The molecule has 20 heavy (non-hydrogen) atoms. The summed E-state index contributed by atoms with van der Waals surface area (Å²) >= 11 is 0. The normalized spacial score (nSPS) is 10.9. The number of hydrogen-bond donors (Lipinski definition) is 2. The van der Waals surface area contributed by atoms with Crippen molar-refractivity contribution < 1.29 is 27.6 Å². The average Bonchev–Trinajstić information content (AvgIpc) is 2.27. The molecule has 0 aromatic heterocycles. The molecule has 0 bridgehead atoms. The molecule has 0 saturated heterocycles. The Labute approximate surface area is 119 Å². The van der Waals surface area contributed by atoms with Gasteiger partial charge in [0.25, 0.3) is 10.1 Å². The van der Waals surface area contributed by atoms with Gasteiger partial charge in [-0.2, -0.15) is 8.42 Å². The molecule has 0 aliphatic carbocycles. The van der Waals surface area contributed by atoms with E-state index in [4.69, 9.17) is 10.2 Å². The standard InChI is InChI=1S/C10H14O5S.C3H6O/c1-8-2-4-9(5-3-8)16(13,14)15-7-6-10(11)12;1-3(2)4/h2-5,10-12H,6-7H2,1H3;1-2H3. The molecule has 6 nitrogen and oxygen atoms in total. The summed E-state index contributed by atoms with van der Waals surface area (Å²) in [5.41, 5.74) is 0.949. The van der Waals surface area contributed by atoms with E-state index in [0.717, 1.165) is 5.56 Å². The van der Waals surface area contributed by atoms with Crippen molar-refractivity contribution in [2.75, 3.05) is 6.61 Å². The Balaban J connectivity index is 0.000000796. The van der Waals surface area contributed by atoms with Gasteiger partial charge in [0.15, 0.2) is 6.29 Å². The van der Waals surface area contributed by atoms with Crippen LogP contribution in [0.5, 0.6) is 0 Å². The van der Waals surface area contributed by atoms with Gasteiger partial charge < -0.3 is 15.0 Å². The maximum atomic E-state index is 11.5. The maximum absolute atomic E-state index is 11.5. The zero-order chi connectivity index (χ0) is 15.8. The molecule has 0 radical (unpaired) electrons. The molecule has 0 aliphatic rings. The number of aryl methyl sites for hydroxylation is 1. The molecule has 0 aliphatic heterocycles. The minimum Gasteiger partial charge on any atom is -0.368 e. The highest BCUT2D eigenvalue weighted by molar-refractivity contribution is 7.86. The first-order valence-corrected chi connectivity index (χ1v) is 7.35. The second-order valence-corrected chi connectivity index (χ2v) is 5.88. The number of rotatable bonds is 5. The van der Waals surface area contributed by atoms with Gasteiger partial charge in [0.1, 0.15) is 5.78 Å². The summed E-state index contributed by atoms with van der Waals surface area (Å²) in [7, 11) is -3.79.